The molecule has 3 nitrogen and oxygen atoms in total. The van der Waals surface area contributed by atoms with Crippen molar-refractivity contribution in [1.82, 2.24) is 10.6 Å². The van der Waals surface area contributed by atoms with Gasteiger partial charge >= 0.3 is 0 Å². The van der Waals surface area contributed by atoms with Crippen LogP contribution >= 0.6 is 0 Å². The lowest BCUT2D eigenvalue weighted by molar-refractivity contribution is 0.129. The van der Waals surface area contributed by atoms with Crippen molar-refractivity contribution in [3.8, 4) is 11.1 Å². The Kier molecular flexibility index (Phi) is 3.78. The minimum Gasteiger partial charge on any atom is -0.390 e. The predicted octanol–water partition coefficient (Wildman–Crippen LogP) is 2.04. The van der Waals surface area contributed by atoms with Crippen molar-refractivity contribution in [3.05, 3.63) is 59.9 Å². The predicted molar refractivity (Wildman–Crippen MR) is 76.6 cm³/mol. The number of benzene rings is 2. The lowest BCUT2D eigenvalue weighted by Crippen LogP contribution is -2.49. The maximum atomic E-state index is 12.9. The number of aliphatic hydroxyl groups excluding tert-OH is 1. The summed E-state index contributed by atoms with van der Waals surface area (Å²) in [6, 6.07) is 14.6. The van der Waals surface area contributed by atoms with Gasteiger partial charge in [-0.25, -0.2) is 4.39 Å². The number of β-amino-alcohol motifs (C(OH)–C–C–N with tert-alkyl or cyclic N) is 1. The number of hydrogen-bond acceptors (Lipinski definition) is 3. The van der Waals surface area contributed by atoms with Crippen LogP contribution in [0.5, 0.6) is 0 Å². The fourth-order valence-electron chi connectivity index (χ4n) is 2.40. The molecule has 104 valence electrons. The third kappa shape index (κ3) is 2.88. The Labute approximate surface area is 117 Å². The Morgan fingerprint density at radius 1 is 0.850 bits per heavy atom. The first kappa shape index (κ1) is 13.2. The molecule has 1 aliphatic heterocycles. The second-order valence-corrected chi connectivity index (χ2v) is 5.03. The summed E-state index contributed by atoms with van der Waals surface area (Å²) >= 11 is 0. The topological polar surface area (TPSA) is 44.3 Å². The molecule has 0 aromatic heterocycles. The Morgan fingerprint density at radius 2 is 1.35 bits per heavy atom. The van der Waals surface area contributed by atoms with Crippen molar-refractivity contribution >= 4 is 0 Å². The highest BCUT2D eigenvalue weighted by molar-refractivity contribution is 5.63. The number of aliphatic hydroxyl groups is 1. The maximum Gasteiger partial charge on any atom is 0.123 e. The molecule has 0 bridgehead atoms. The second-order valence-electron chi connectivity index (χ2n) is 5.03. The number of nitrogens with one attached hydrogen (secondary N) is 2. The van der Waals surface area contributed by atoms with Crippen molar-refractivity contribution < 1.29 is 9.50 Å². The molecule has 1 fully saturated rings. The SMILES string of the molecule is OC1CNC(c2ccc(-c3ccc(F)cc3)cc2)NC1. The fourth-order valence-corrected chi connectivity index (χ4v) is 2.40. The van der Waals surface area contributed by atoms with E-state index in [2.05, 4.69) is 10.6 Å². The van der Waals surface area contributed by atoms with Gasteiger partial charge in [-0.15, -0.1) is 0 Å². The summed E-state index contributed by atoms with van der Waals surface area (Å²) < 4.78 is 12.9. The van der Waals surface area contributed by atoms with Crippen LogP contribution in [0, 0.1) is 5.82 Å². The van der Waals surface area contributed by atoms with Crippen molar-refractivity contribution in [3.63, 3.8) is 0 Å². The minimum absolute atomic E-state index is 0.0701. The summed E-state index contributed by atoms with van der Waals surface area (Å²) in [7, 11) is 0. The molecule has 3 N–H and O–H groups in total. The molecule has 4 heteroatoms. The van der Waals surface area contributed by atoms with Crippen molar-refractivity contribution in [2.75, 3.05) is 13.1 Å². The minimum atomic E-state index is -0.329. The molecule has 1 saturated heterocycles. The van der Waals surface area contributed by atoms with Gasteiger partial charge in [0.2, 0.25) is 0 Å². The normalized spacial score (nSPS) is 22.7. The highest BCUT2D eigenvalue weighted by atomic mass is 19.1. The molecule has 0 radical (unpaired) electrons. The third-order valence-corrected chi connectivity index (χ3v) is 3.54. The lowest BCUT2D eigenvalue weighted by Gasteiger charge is -2.28. The van der Waals surface area contributed by atoms with Crippen molar-refractivity contribution in [2.45, 2.75) is 12.3 Å². The zero-order chi connectivity index (χ0) is 13.9. The van der Waals surface area contributed by atoms with E-state index in [0.29, 0.717) is 13.1 Å². The van der Waals surface area contributed by atoms with E-state index in [1.807, 2.05) is 24.3 Å². The van der Waals surface area contributed by atoms with Crippen molar-refractivity contribution in [1.29, 1.82) is 0 Å². The first-order valence-corrected chi connectivity index (χ1v) is 6.73. The van der Waals surface area contributed by atoms with Crippen LogP contribution in [-0.2, 0) is 0 Å². The van der Waals surface area contributed by atoms with Gasteiger partial charge in [0, 0.05) is 13.1 Å². The summed E-state index contributed by atoms with van der Waals surface area (Å²) in [6.45, 7) is 1.19. The molecule has 0 unspecified atom stereocenters. The summed E-state index contributed by atoms with van der Waals surface area (Å²) in [5.41, 5.74) is 3.19. The van der Waals surface area contributed by atoms with Gasteiger partial charge in [-0.2, -0.15) is 0 Å². The molecule has 1 aliphatic rings. The van der Waals surface area contributed by atoms with E-state index in [4.69, 9.17) is 0 Å². The standard InChI is InChI=1S/C16H17FN2O/c17-14-7-5-12(6-8-14)11-1-3-13(4-2-11)16-18-9-15(20)10-19-16/h1-8,15-16,18-20H,9-10H2. The average Bonchev–Trinajstić information content (AvgIpc) is 2.49. The molecular formula is C16H17FN2O. The zero-order valence-corrected chi connectivity index (χ0v) is 11.0. The van der Waals surface area contributed by atoms with Gasteiger partial charge in [0.1, 0.15) is 5.82 Å². The van der Waals surface area contributed by atoms with E-state index in [-0.39, 0.29) is 18.1 Å². The van der Waals surface area contributed by atoms with Gasteiger partial charge in [0.05, 0.1) is 12.3 Å². The second kappa shape index (κ2) is 5.71. The fraction of sp³-hybridized carbons (Fsp3) is 0.250. The first-order chi connectivity index (χ1) is 9.72. The van der Waals surface area contributed by atoms with Crippen LogP contribution in [0.3, 0.4) is 0 Å². The van der Waals surface area contributed by atoms with Gasteiger partial charge < -0.3 is 5.11 Å². The Balaban J connectivity index is 1.76. The van der Waals surface area contributed by atoms with E-state index < -0.39 is 0 Å². The van der Waals surface area contributed by atoms with Gasteiger partial charge in [-0.05, 0) is 28.8 Å². The molecule has 0 atom stereocenters. The molecular weight excluding hydrogens is 255 g/mol. The summed E-state index contributed by atoms with van der Waals surface area (Å²) in [5.74, 6) is -0.223. The van der Waals surface area contributed by atoms with Crippen LogP contribution in [0.4, 0.5) is 4.39 Å². The van der Waals surface area contributed by atoms with Gasteiger partial charge in [0.25, 0.3) is 0 Å². The first-order valence-electron chi connectivity index (χ1n) is 6.73. The van der Waals surface area contributed by atoms with E-state index in [0.717, 1.165) is 16.7 Å². The Morgan fingerprint density at radius 3 is 1.90 bits per heavy atom. The number of rotatable bonds is 2. The largest absolute Gasteiger partial charge is 0.390 e. The molecule has 0 aliphatic carbocycles. The molecule has 0 amide bonds. The monoisotopic (exact) mass is 272 g/mol. The van der Waals surface area contributed by atoms with E-state index in [9.17, 15) is 9.50 Å². The summed E-state index contributed by atoms with van der Waals surface area (Å²) in [5, 5.41) is 15.9. The van der Waals surface area contributed by atoms with Gasteiger partial charge in [-0.1, -0.05) is 36.4 Å². The van der Waals surface area contributed by atoms with Crippen LogP contribution in [-0.4, -0.2) is 24.3 Å². The van der Waals surface area contributed by atoms with Crippen LogP contribution < -0.4 is 10.6 Å². The highest BCUT2D eigenvalue weighted by Crippen LogP contribution is 2.22. The molecule has 1 heterocycles. The average molecular weight is 272 g/mol. The van der Waals surface area contributed by atoms with Gasteiger partial charge in [0.15, 0.2) is 0 Å². The zero-order valence-electron chi connectivity index (χ0n) is 11.0. The molecule has 2 aromatic carbocycles. The van der Waals surface area contributed by atoms with Crippen LogP contribution in [0.2, 0.25) is 0 Å². The smallest absolute Gasteiger partial charge is 0.123 e. The van der Waals surface area contributed by atoms with Gasteiger partial charge in [-0.3, -0.25) is 10.6 Å². The number of hydrogen-bond donors (Lipinski definition) is 3. The van der Waals surface area contributed by atoms with E-state index in [1.54, 1.807) is 12.1 Å². The third-order valence-electron chi connectivity index (χ3n) is 3.54. The molecule has 0 spiro atoms. The Hall–Kier alpha value is -1.75. The Bertz CT molecular complexity index is 560. The quantitative estimate of drug-likeness (QED) is 0.784. The molecule has 20 heavy (non-hydrogen) atoms. The number of halogens is 1. The van der Waals surface area contributed by atoms with Crippen molar-refractivity contribution in [2.24, 2.45) is 0 Å². The molecule has 3 rings (SSSR count). The summed E-state index contributed by atoms with van der Waals surface area (Å²) in [4.78, 5) is 0. The maximum absolute atomic E-state index is 12.9. The summed E-state index contributed by atoms with van der Waals surface area (Å²) in [6.07, 6.45) is -0.259. The van der Waals surface area contributed by atoms with Crippen LogP contribution in [0.25, 0.3) is 11.1 Å². The lowest BCUT2D eigenvalue weighted by atomic mass is 10.0. The molecule has 2 aromatic rings. The highest BCUT2D eigenvalue weighted by Gasteiger charge is 2.18. The van der Waals surface area contributed by atoms with E-state index in [1.165, 1.54) is 12.1 Å². The van der Waals surface area contributed by atoms with Crippen LogP contribution in [0.1, 0.15) is 11.7 Å². The molecule has 0 saturated carbocycles. The van der Waals surface area contributed by atoms with Crippen LogP contribution in [0.15, 0.2) is 48.5 Å². The van der Waals surface area contributed by atoms with E-state index >= 15 is 0 Å².